The molecule has 0 saturated heterocycles. The van der Waals surface area contributed by atoms with Crippen LogP contribution in [-0.4, -0.2) is 19.5 Å². The van der Waals surface area contributed by atoms with Gasteiger partial charge in [-0.15, -0.1) is 0 Å². The first-order chi connectivity index (χ1) is 27.7. The van der Waals surface area contributed by atoms with E-state index in [-0.39, 0.29) is 0 Å². The third-order valence-electron chi connectivity index (χ3n) is 10.7. The van der Waals surface area contributed by atoms with E-state index in [0.29, 0.717) is 17.5 Å². The third kappa shape index (κ3) is 5.37. The fourth-order valence-electron chi connectivity index (χ4n) is 7.99. The Morgan fingerprint density at radius 2 is 0.893 bits per heavy atom. The summed E-state index contributed by atoms with van der Waals surface area (Å²) in [5.74, 6) is 1.88. The van der Waals surface area contributed by atoms with E-state index in [1.54, 1.807) is 0 Å². The van der Waals surface area contributed by atoms with Crippen molar-refractivity contribution in [3.05, 3.63) is 194 Å². The normalized spacial score (nSPS) is 11.6. The van der Waals surface area contributed by atoms with E-state index in [9.17, 15) is 0 Å². The van der Waals surface area contributed by atoms with Crippen molar-refractivity contribution in [3.8, 4) is 62.1 Å². The molecule has 8 aromatic carbocycles. The molecule has 0 N–H and O–H groups in total. The molecule has 0 radical (unpaired) electrons. The van der Waals surface area contributed by atoms with Crippen LogP contribution in [0.4, 0.5) is 0 Å². The Morgan fingerprint density at radius 1 is 0.339 bits per heavy atom. The second-order valence-electron chi connectivity index (χ2n) is 14.0. The third-order valence-corrected chi connectivity index (χ3v) is 10.7. The lowest BCUT2D eigenvalue weighted by molar-refractivity contribution is 0.669. The van der Waals surface area contributed by atoms with Crippen molar-refractivity contribution >= 4 is 43.7 Å². The van der Waals surface area contributed by atoms with E-state index in [1.807, 2.05) is 78.9 Å². The fourth-order valence-corrected chi connectivity index (χ4v) is 7.99. The standard InChI is InChI=1S/C51H32N4O/c1-4-13-35(14-5-1)49-52-50(36-15-6-2-7-16-36)54-51(53-49)38-28-30-46-43(32-38)48-40(20-12-22-47(48)56-46)34-25-23-33(24-26-34)37-27-29-45-42(31-37)41-19-10-11-21-44(41)55(45)39-17-8-3-9-18-39/h1-32H. The summed E-state index contributed by atoms with van der Waals surface area (Å²) < 4.78 is 8.79. The number of furan rings is 1. The molecule has 11 rings (SSSR count). The van der Waals surface area contributed by atoms with Gasteiger partial charge in [0.05, 0.1) is 11.0 Å². The molecule has 11 aromatic rings. The highest BCUT2D eigenvalue weighted by molar-refractivity contribution is 6.13. The summed E-state index contributed by atoms with van der Waals surface area (Å²) >= 11 is 0. The molecule has 5 heteroatoms. The Kier molecular flexibility index (Phi) is 7.42. The molecule has 3 heterocycles. The van der Waals surface area contributed by atoms with Crippen LogP contribution >= 0.6 is 0 Å². The Morgan fingerprint density at radius 3 is 1.61 bits per heavy atom. The van der Waals surface area contributed by atoms with Crippen molar-refractivity contribution in [1.82, 2.24) is 19.5 Å². The van der Waals surface area contributed by atoms with Gasteiger partial charge in [0.1, 0.15) is 11.2 Å². The summed E-state index contributed by atoms with van der Waals surface area (Å²) in [5.41, 5.74) is 12.5. The topological polar surface area (TPSA) is 56.7 Å². The van der Waals surface area contributed by atoms with E-state index in [0.717, 1.165) is 61.0 Å². The van der Waals surface area contributed by atoms with Crippen molar-refractivity contribution in [3.63, 3.8) is 0 Å². The van der Waals surface area contributed by atoms with Crippen LogP contribution < -0.4 is 0 Å². The minimum Gasteiger partial charge on any atom is -0.456 e. The maximum absolute atomic E-state index is 6.44. The zero-order chi connectivity index (χ0) is 37.0. The molecular formula is C51H32N4O. The lowest BCUT2D eigenvalue weighted by Gasteiger charge is -2.09. The van der Waals surface area contributed by atoms with Crippen LogP contribution in [0.3, 0.4) is 0 Å². The number of rotatable bonds is 6. The molecule has 0 amide bonds. The minimum absolute atomic E-state index is 0.611. The summed E-state index contributed by atoms with van der Waals surface area (Å²) in [6.07, 6.45) is 0. The van der Waals surface area contributed by atoms with Gasteiger partial charge in [-0.2, -0.15) is 0 Å². The highest BCUT2D eigenvalue weighted by atomic mass is 16.3. The lowest BCUT2D eigenvalue weighted by Crippen LogP contribution is -2.00. The van der Waals surface area contributed by atoms with Gasteiger partial charge in [-0.1, -0.05) is 140 Å². The van der Waals surface area contributed by atoms with Gasteiger partial charge in [-0.3, -0.25) is 0 Å². The van der Waals surface area contributed by atoms with E-state index in [2.05, 4.69) is 120 Å². The van der Waals surface area contributed by atoms with Crippen LogP contribution in [-0.2, 0) is 0 Å². The lowest BCUT2D eigenvalue weighted by atomic mass is 9.96. The Labute approximate surface area is 322 Å². The van der Waals surface area contributed by atoms with Gasteiger partial charge >= 0.3 is 0 Å². The monoisotopic (exact) mass is 716 g/mol. The van der Waals surface area contributed by atoms with Crippen molar-refractivity contribution in [2.75, 3.05) is 0 Å². The van der Waals surface area contributed by atoms with Crippen molar-refractivity contribution in [2.45, 2.75) is 0 Å². The zero-order valence-electron chi connectivity index (χ0n) is 30.2. The van der Waals surface area contributed by atoms with Crippen molar-refractivity contribution in [2.24, 2.45) is 0 Å². The predicted molar refractivity (Wildman–Crippen MR) is 229 cm³/mol. The summed E-state index contributed by atoms with van der Waals surface area (Å²) in [6.45, 7) is 0. The number of hydrogen-bond donors (Lipinski definition) is 0. The largest absolute Gasteiger partial charge is 0.456 e. The Hall–Kier alpha value is -7.63. The molecule has 56 heavy (non-hydrogen) atoms. The Balaban J connectivity index is 0.999. The van der Waals surface area contributed by atoms with Crippen LogP contribution in [0.25, 0.3) is 106 Å². The highest BCUT2D eigenvalue weighted by Gasteiger charge is 2.18. The number of hydrogen-bond acceptors (Lipinski definition) is 4. The maximum Gasteiger partial charge on any atom is 0.164 e. The van der Waals surface area contributed by atoms with E-state index >= 15 is 0 Å². The van der Waals surface area contributed by atoms with Crippen LogP contribution in [0, 0.1) is 0 Å². The van der Waals surface area contributed by atoms with Gasteiger partial charge in [0.2, 0.25) is 0 Å². The second kappa shape index (κ2) is 13.0. The molecule has 0 bridgehead atoms. The molecule has 0 saturated carbocycles. The van der Waals surface area contributed by atoms with Gasteiger partial charge < -0.3 is 8.98 Å². The number of para-hydroxylation sites is 2. The van der Waals surface area contributed by atoms with Gasteiger partial charge in [0.15, 0.2) is 17.5 Å². The summed E-state index contributed by atoms with van der Waals surface area (Å²) in [6, 6.07) is 67.5. The summed E-state index contributed by atoms with van der Waals surface area (Å²) in [4.78, 5) is 14.9. The minimum atomic E-state index is 0.611. The quantitative estimate of drug-likeness (QED) is 0.172. The maximum atomic E-state index is 6.44. The molecule has 5 nitrogen and oxygen atoms in total. The number of fused-ring (bicyclic) bond motifs is 6. The molecule has 3 aromatic heterocycles. The van der Waals surface area contributed by atoms with Gasteiger partial charge in [0.25, 0.3) is 0 Å². The first-order valence-electron chi connectivity index (χ1n) is 18.8. The smallest absolute Gasteiger partial charge is 0.164 e. The van der Waals surface area contributed by atoms with E-state index < -0.39 is 0 Å². The summed E-state index contributed by atoms with van der Waals surface area (Å²) in [7, 11) is 0. The van der Waals surface area contributed by atoms with Crippen LogP contribution in [0.2, 0.25) is 0 Å². The average molecular weight is 717 g/mol. The Bertz CT molecular complexity index is 3160. The van der Waals surface area contributed by atoms with Gasteiger partial charge in [-0.25, -0.2) is 15.0 Å². The predicted octanol–water partition coefficient (Wildman–Crippen LogP) is 13.2. The van der Waals surface area contributed by atoms with E-state index in [4.69, 9.17) is 19.4 Å². The number of benzene rings is 8. The molecule has 0 fully saturated rings. The van der Waals surface area contributed by atoms with Crippen molar-refractivity contribution < 1.29 is 4.42 Å². The average Bonchev–Trinajstić information content (AvgIpc) is 3.82. The van der Waals surface area contributed by atoms with Gasteiger partial charge in [0, 0.05) is 43.9 Å². The molecule has 0 atom stereocenters. The highest BCUT2D eigenvalue weighted by Crippen LogP contribution is 2.40. The number of nitrogens with zero attached hydrogens (tertiary/aromatic N) is 4. The first-order valence-corrected chi connectivity index (χ1v) is 18.8. The van der Waals surface area contributed by atoms with Crippen LogP contribution in [0.5, 0.6) is 0 Å². The zero-order valence-corrected chi connectivity index (χ0v) is 30.2. The molecular weight excluding hydrogens is 685 g/mol. The van der Waals surface area contributed by atoms with Gasteiger partial charge in [-0.05, 0) is 76.9 Å². The molecule has 0 unspecified atom stereocenters. The van der Waals surface area contributed by atoms with Crippen LogP contribution in [0.15, 0.2) is 199 Å². The molecule has 0 aliphatic heterocycles. The van der Waals surface area contributed by atoms with Crippen molar-refractivity contribution in [1.29, 1.82) is 0 Å². The first kappa shape index (κ1) is 31.9. The molecule has 0 spiro atoms. The molecule has 0 aliphatic carbocycles. The number of aromatic nitrogens is 4. The van der Waals surface area contributed by atoms with E-state index in [1.165, 1.54) is 27.4 Å². The SMILES string of the molecule is c1ccc(-c2nc(-c3ccccc3)nc(-c3ccc4oc5cccc(-c6ccc(-c7ccc8c(c7)c7ccccc7n8-c7ccccc7)cc6)c5c4c3)n2)cc1. The van der Waals surface area contributed by atoms with Crippen LogP contribution in [0.1, 0.15) is 0 Å². The molecule has 262 valence electrons. The summed E-state index contributed by atoms with van der Waals surface area (Å²) in [5, 5.41) is 4.56. The second-order valence-corrected chi connectivity index (χ2v) is 14.0. The fraction of sp³-hybridized carbons (Fsp3) is 0. The molecule has 0 aliphatic rings.